The van der Waals surface area contributed by atoms with Gasteiger partial charge in [-0.15, -0.1) is 0 Å². The van der Waals surface area contributed by atoms with Crippen LogP contribution in [-0.4, -0.2) is 50.4 Å². The highest BCUT2D eigenvalue weighted by Gasteiger charge is 2.23. The molecule has 0 unspecified atom stereocenters. The maximum atomic E-state index is 12.5. The number of amides is 1. The zero-order valence-electron chi connectivity index (χ0n) is 15.1. The molecule has 146 valence electrons. The fourth-order valence-corrected chi connectivity index (χ4v) is 3.33. The predicted molar refractivity (Wildman–Crippen MR) is 99.3 cm³/mol. The first-order valence-electron chi connectivity index (χ1n) is 8.77. The second kappa shape index (κ2) is 6.97. The highest BCUT2D eigenvalue weighted by molar-refractivity contribution is 6.01. The van der Waals surface area contributed by atoms with Gasteiger partial charge in [0, 0.05) is 12.2 Å². The van der Waals surface area contributed by atoms with Gasteiger partial charge >= 0.3 is 5.69 Å². The van der Waals surface area contributed by atoms with Gasteiger partial charge in [-0.2, -0.15) is 0 Å². The van der Waals surface area contributed by atoms with Crippen molar-refractivity contribution in [2.45, 2.75) is 25.5 Å². The number of hydrogen-bond donors (Lipinski definition) is 3. The van der Waals surface area contributed by atoms with Gasteiger partial charge in [0.1, 0.15) is 5.52 Å². The van der Waals surface area contributed by atoms with Crippen LogP contribution in [0.1, 0.15) is 23.3 Å². The molecule has 1 saturated heterocycles. The highest BCUT2D eigenvalue weighted by atomic mass is 16.5. The number of carbonyl (C=O) groups is 1. The third-order valence-corrected chi connectivity index (χ3v) is 4.70. The summed E-state index contributed by atoms with van der Waals surface area (Å²) < 4.78 is 12.1. The minimum Gasteiger partial charge on any atom is -0.504 e. The summed E-state index contributed by atoms with van der Waals surface area (Å²) in [4.78, 5) is 35.7. The number of phenols is 1. The number of nitrogens with two attached hydrogens (primary N) is 1. The normalized spacial score (nSPS) is 16.5. The number of hydrogen-bond acceptors (Lipinski definition) is 7. The number of aromatic amines is 1. The first kappa shape index (κ1) is 18.0. The van der Waals surface area contributed by atoms with Crippen LogP contribution in [0.2, 0.25) is 0 Å². The number of ether oxygens (including phenoxy) is 2. The van der Waals surface area contributed by atoms with Crippen LogP contribution in [0.25, 0.3) is 22.6 Å². The number of benzene rings is 1. The second-order valence-electron chi connectivity index (χ2n) is 6.52. The first-order chi connectivity index (χ1) is 13.5. The molecule has 10 heteroatoms. The summed E-state index contributed by atoms with van der Waals surface area (Å²) in [6, 6.07) is 4.61. The average molecular weight is 385 g/mol. The highest BCUT2D eigenvalue weighted by Crippen LogP contribution is 2.30. The van der Waals surface area contributed by atoms with Crippen molar-refractivity contribution in [2.75, 3.05) is 13.7 Å². The molecule has 1 atom stereocenters. The number of H-pyrrole nitrogens is 1. The van der Waals surface area contributed by atoms with Crippen molar-refractivity contribution >= 4 is 17.1 Å². The van der Waals surface area contributed by atoms with Crippen LogP contribution in [0.15, 0.2) is 23.0 Å². The van der Waals surface area contributed by atoms with Gasteiger partial charge < -0.3 is 25.3 Å². The van der Waals surface area contributed by atoms with E-state index in [9.17, 15) is 14.7 Å². The van der Waals surface area contributed by atoms with E-state index in [1.54, 1.807) is 12.1 Å². The number of nitrogens with one attached hydrogen (secondary N) is 1. The summed E-state index contributed by atoms with van der Waals surface area (Å²) >= 11 is 0. The van der Waals surface area contributed by atoms with Crippen molar-refractivity contribution in [1.82, 2.24) is 19.5 Å². The Kier molecular flexibility index (Phi) is 4.47. The predicted octanol–water partition coefficient (Wildman–Crippen LogP) is 0.779. The number of phenolic OH excluding ortho intramolecular Hbond substituents is 1. The van der Waals surface area contributed by atoms with Crippen LogP contribution in [0.5, 0.6) is 11.5 Å². The molecule has 4 rings (SSSR count). The van der Waals surface area contributed by atoms with Crippen molar-refractivity contribution in [1.29, 1.82) is 0 Å². The first-order valence-corrected chi connectivity index (χ1v) is 8.77. The van der Waals surface area contributed by atoms with E-state index in [-0.39, 0.29) is 40.3 Å². The number of rotatable bonds is 5. The van der Waals surface area contributed by atoms with Crippen molar-refractivity contribution < 1.29 is 19.4 Å². The largest absolute Gasteiger partial charge is 0.504 e. The lowest BCUT2D eigenvalue weighted by Gasteiger charge is -2.11. The topological polar surface area (TPSA) is 145 Å². The summed E-state index contributed by atoms with van der Waals surface area (Å²) in [5.74, 6) is -0.455. The molecule has 1 fully saturated rings. The maximum Gasteiger partial charge on any atom is 0.327 e. The fourth-order valence-electron chi connectivity index (χ4n) is 3.33. The Balaban J connectivity index is 1.89. The molecule has 0 bridgehead atoms. The molecular weight excluding hydrogens is 366 g/mol. The summed E-state index contributed by atoms with van der Waals surface area (Å²) in [6.45, 7) is 0.959. The standard InChI is InChI=1S/C18H19N5O5/c1-27-12-5-4-9(7-11(12)24)16-20-13(15(19)25)14-17(22-16)23(18(26)21-14)8-10-3-2-6-28-10/h4-5,7,10,24H,2-3,6,8H2,1H3,(H2,19,25)(H,21,26)/t10-/m0/s1. The molecule has 4 N–H and O–H groups in total. The van der Waals surface area contributed by atoms with E-state index in [4.69, 9.17) is 15.2 Å². The molecule has 1 amide bonds. The van der Waals surface area contributed by atoms with Crippen molar-refractivity contribution in [3.63, 3.8) is 0 Å². The van der Waals surface area contributed by atoms with Gasteiger partial charge in [0.2, 0.25) is 0 Å². The lowest BCUT2D eigenvalue weighted by atomic mass is 10.2. The smallest absolute Gasteiger partial charge is 0.327 e. The Bertz CT molecular complexity index is 1110. The van der Waals surface area contributed by atoms with Gasteiger partial charge in [0.05, 0.1) is 19.8 Å². The van der Waals surface area contributed by atoms with E-state index in [0.29, 0.717) is 18.7 Å². The van der Waals surface area contributed by atoms with E-state index >= 15 is 0 Å². The van der Waals surface area contributed by atoms with Crippen molar-refractivity contribution in [3.8, 4) is 22.9 Å². The van der Waals surface area contributed by atoms with Crippen molar-refractivity contribution in [3.05, 3.63) is 34.4 Å². The molecule has 1 aromatic carbocycles. The van der Waals surface area contributed by atoms with E-state index in [0.717, 1.165) is 12.8 Å². The summed E-state index contributed by atoms with van der Waals surface area (Å²) in [5.41, 5.74) is 5.83. The zero-order chi connectivity index (χ0) is 19.8. The Morgan fingerprint density at radius 2 is 2.29 bits per heavy atom. The number of carbonyl (C=O) groups excluding carboxylic acids is 1. The summed E-state index contributed by atoms with van der Waals surface area (Å²) in [5, 5.41) is 10.0. The molecule has 3 heterocycles. The summed E-state index contributed by atoms with van der Waals surface area (Å²) in [7, 11) is 1.44. The molecule has 0 spiro atoms. The number of imidazole rings is 1. The van der Waals surface area contributed by atoms with Gasteiger partial charge in [-0.3, -0.25) is 9.36 Å². The number of primary amides is 1. The lowest BCUT2D eigenvalue weighted by molar-refractivity contribution is 0.0970. The molecule has 0 aliphatic carbocycles. The van der Waals surface area contributed by atoms with Crippen LogP contribution < -0.4 is 16.2 Å². The maximum absolute atomic E-state index is 12.5. The van der Waals surface area contributed by atoms with Crippen LogP contribution in [0.3, 0.4) is 0 Å². The third-order valence-electron chi connectivity index (χ3n) is 4.70. The minimum atomic E-state index is -0.795. The zero-order valence-corrected chi connectivity index (χ0v) is 15.1. The molecule has 0 saturated carbocycles. The van der Waals surface area contributed by atoms with E-state index in [1.807, 2.05) is 0 Å². The lowest BCUT2D eigenvalue weighted by Crippen LogP contribution is -2.24. The SMILES string of the molecule is COc1ccc(-c2nc(C(N)=O)c3[nH]c(=O)n(C[C@@H]4CCCO4)c3n2)cc1O. The van der Waals surface area contributed by atoms with E-state index in [1.165, 1.54) is 17.7 Å². The Hall–Kier alpha value is -3.40. The Morgan fingerprint density at radius 1 is 1.46 bits per heavy atom. The minimum absolute atomic E-state index is 0.0986. The second-order valence-corrected chi connectivity index (χ2v) is 6.52. The number of aromatic nitrogens is 4. The molecular formula is C18H19N5O5. The Labute approximate surface area is 158 Å². The molecule has 10 nitrogen and oxygen atoms in total. The van der Waals surface area contributed by atoms with Crippen LogP contribution in [0.4, 0.5) is 0 Å². The average Bonchev–Trinajstić information content (AvgIpc) is 3.29. The van der Waals surface area contributed by atoms with Crippen LogP contribution >= 0.6 is 0 Å². The Morgan fingerprint density at radius 3 is 2.93 bits per heavy atom. The molecule has 1 aliphatic heterocycles. The number of aromatic hydroxyl groups is 1. The van der Waals surface area contributed by atoms with E-state index in [2.05, 4.69) is 15.0 Å². The van der Waals surface area contributed by atoms with E-state index < -0.39 is 11.6 Å². The van der Waals surface area contributed by atoms with Gasteiger partial charge in [-0.1, -0.05) is 0 Å². The molecule has 2 aromatic heterocycles. The molecule has 3 aromatic rings. The number of methoxy groups -OCH3 is 1. The summed E-state index contributed by atoms with van der Waals surface area (Å²) in [6.07, 6.45) is 1.67. The molecule has 1 aliphatic rings. The monoisotopic (exact) mass is 385 g/mol. The number of nitrogens with zero attached hydrogens (tertiary/aromatic N) is 3. The van der Waals surface area contributed by atoms with Crippen LogP contribution in [0, 0.1) is 0 Å². The van der Waals surface area contributed by atoms with Gasteiger partial charge in [0.25, 0.3) is 5.91 Å². The third kappa shape index (κ3) is 3.07. The van der Waals surface area contributed by atoms with Crippen LogP contribution in [-0.2, 0) is 11.3 Å². The molecule has 0 radical (unpaired) electrons. The van der Waals surface area contributed by atoms with Gasteiger partial charge in [-0.05, 0) is 31.0 Å². The quantitative estimate of drug-likeness (QED) is 0.588. The van der Waals surface area contributed by atoms with Gasteiger partial charge in [0.15, 0.2) is 28.7 Å². The van der Waals surface area contributed by atoms with Crippen molar-refractivity contribution in [2.24, 2.45) is 5.73 Å². The fraction of sp³-hybridized carbons (Fsp3) is 0.333. The van der Waals surface area contributed by atoms with Gasteiger partial charge in [-0.25, -0.2) is 14.8 Å². The number of fused-ring (bicyclic) bond motifs is 1. The molecule has 28 heavy (non-hydrogen) atoms.